The normalized spacial score (nSPS) is 10.7. The number of ether oxygens (including phenoxy) is 3. The van der Waals surface area contributed by atoms with Crippen LogP contribution in [0.15, 0.2) is 54.9 Å². The van der Waals surface area contributed by atoms with Gasteiger partial charge in [0, 0.05) is 30.1 Å². The van der Waals surface area contributed by atoms with Crippen LogP contribution in [0.3, 0.4) is 0 Å². The van der Waals surface area contributed by atoms with E-state index in [2.05, 4.69) is 15.0 Å². The molecule has 0 aliphatic heterocycles. The third kappa shape index (κ3) is 6.65. The summed E-state index contributed by atoms with van der Waals surface area (Å²) in [5, 5.41) is 2.86. The summed E-state index contributed by atoms with van der Waals surface area (Å²) in [7, 11) is 1.38. The molecule has 6 nitrogen and oxygen atoms in total. The molecule has 0 bridgehead atoms. The predicted octanol–water partition coefficient (Wildman–Crippen LogP) is 4.86. The predicted molar refractivity (Wildman–Crippen MR) is 120 cm³/mol. The Kier molecular flexibility index (Phi) is 8.18. The standard InChI is InChI=1S/C25H26F2N2O4/c1-16-11-20(12-17(2)23(16)32-15-19-5-4-9-28-14-19)24(30)29-10-8-18-6-7-21(31-3)22(13-18)33-25(26)27/h4-7,9,11-14,25H,8,10,15H2,1-3H3,(H,29,30). The molecule has 8 heteroatoms. The maximum atomic E-state index is 12.6. The van der Waals surface area contributed by atoms with Crippen LogP contribution in [0.25, 0.3) is 0 Å². The van der Waals surface area contributed by atoms with Gasteiger partial charge in [-0.3, -0.25) is 9.78 Å². The maximum Gasteiger partial charge on any atom is 0.387 e. The first-order valence-electron chi connectivity index (χ1n) is 10.4. The Hall–Kier alpha value is -3.68. The fourth-order valence-electron chi connectivity index (χ4n) is 3.44. The molecule has 0 saturated carbocycles. The number of aromatic nitrogens is 1. The zero-order valence-corrected chi connectivity index (χ0v) is 18.7. The van der Waals surface area contributed by atoms with Gasteiger partial charge < -0.3 is 19.5 Å². The molecular formula is C25H26F2N2O4. The molecule has 1 amide bonds. The topological polar surface area (TPSA) is 69.7 Å². The third-order valence-electron chi connectivity index (χ3n) is 4.97. The van der Waals surface area contributed by atoms with Gasteiger partial charge in [0.2, 0.25) is 0 Å². The number of methoxy groups -OCH3 is 1. The van der Waals surface area contributed by atoms with Crippen molar-refractivity contribution in [2.75, 3.05) is 13.7 Å². The Balaban J connectivity index is 1.59. The van der Waals surface area contributed by atoms with E-state index in [-0.39, 0.29) is 17.4 Å². The van der Waals surface area contributed by atoms with Crippen LogP contribution in [0.4, 0.5) is 8.78 Å². The molecule has 3 rings (SSSR count). The van der Waals surface area contributed by atoms with Crippen molar-refractivity contribution in [1.82, 2.24) is 10.3 Å². The number of carbonyl (C=O) groups is 1. The highest BCUT2D eigenvalue weighted by molar-refractivity contribution is 5.94. The number of halogens is 2. The lowest BCUT2D eigenvalue weighted by molar-refractivity contribution is -0.0512. The van der Waals surface area contributed by atoms with Crippen molar-refractivity contribution in [3.05, 3.63) is 82.7 Å². The Morgan fingerprint density at radius 2 is 1.82 bits per heavy atom. The number of rotatable bonds is 10. The molecule has 0 aliphatic rings. The summed E-state index contributed by atoms with van der Waals surface area (Å²) < 4.78 is 40.7. The monoisotopic (exact) mass is 456 g/mol. The van der Waals surface area contributed by atoms with Crippen molar-refractivity contribution in [2.45, 2.75) is 33.5 Å². The molecule has 0 saturated heterocycles. The first-order valence-corrected chi connectivity index (χ1v) is 10.4. The number of carbonyl (C=O) groups excluding carboxylic acids is 1. The van der Waals surface area contributed by atoms with E-state index in [1.54, 1.807) is 36.7 Å². The number of benzene rings is 2. The zero-order chi connectivity index (χ0) is 23.8. The summed E-state index contributed by atoms with van der Waals surface area (Å²) in [6, 6.07) is 12.1. The first kappa shape index (κ1) is 24.0. The van der Waals surface area contributed by atoms with Gasteiger partial charge in [-0.05, 0) is 67.3 Å². The van der Waals surface area contributed by atoms with Gasteiger partial charge in [0.25, 0.3) is 5.91 Å². The van der Waals surface area contributed by atoms with E-state index in [0.717, 1.165) is 28.0 Å². The number of nitrogens with one attached hydrogen (secondary N) is 1. The number of alkyl halides is 2. The highest BCUT2D eigenvalue weighted by Crippen LogP contribution is 2.30. The lowest BCUT2D eigenvalue weighted by Crippen LogP contribution is -2.26. The summed E-state index contributed by atoms with van der Waals surface area (Å²) >= 11 is 0. The zero-order valence-electron chi connectivity index (χ0n) is 18.7. The molecule has 1 N–H and O–H groups in total. The van der Waals surface area contributed by atoms with Crippen molar-refractivity contribution in [3.63, 3.8) is 0 Å². The molecule has 174 valence electrons. The summed E-state index contributed by atoms with van der Waals surface area (Å²) in [6.45, 7) is 1.56. The molecule has 0 atom stereocenters. The molecular weight excluding hydrogens is 430 g/mol. The second kappa shape index (κ2) is 11.3. The van der Waals surface area contributed by atoms with Crippen LogP contribution in [-0.4, -0.2) is 31.2 Å². The smallest absolute Gasteiger partial charge is 0.387 e. The van der Waals surface area contributed by atoms with E-state index in [4.69, 9.17) is 9.47 Å². The van der Waals surface area contributed by atoms with Crippen LogP contribution in [0.5, 0.6) is 17.2 Å². The average molecular weight is 456 g/mol. The summed E-state index contributed by atoms with van der Waals surface area (Å²) in [5.74, 6) is 0.696. The lowest BCUT2D eigenvalue weighted by Gasteiger charge is -2.14. The minimum atomic E-state index is -2.95. The molecule has 3 aromatic rings. The molecule has 0 fully saturated rings. The van der Waals surface area contributed by atoms with Crippen molar-refractivity contribution >= 4 is 5.91 Å². The van der Waals surface area contributed by atoms with E-state index in [0.29, 0.717) is 25.1 Å². The molecule has 33 heavy (non-hydrogen) atoms. The minimum absolute atomic E-state index is 0.0375. The van der Waals surface area contributed by atoms with Gasteiger partial charge in [0.1, 0.15) is 12.4 Å². The number of aryl methyl sites for hydroxylation is 2. The van der Waals surface area contributed by atoms with Crippen LogP contribution < -0.4 is 19.5 Å². The molecule has 1 heterocycles. The molecule has 0 spiro atoms. The fraction of sp³-hybridized carbons (Fsp3) is 0.280. The maximum absolute atomic E-state index is 12.6. The van der Waals surface area contributed by atoms with E-state index in [1.165, 1.54) is 13.2 Å². The minimum Gasteiger partial charge on any atom is -0.493 e. The van der Waals surface area contributed by atoms with Gasteiger partial charge in [0.15, 0.2) is 11.5 Å². The summed E-state index contributed by atoms with van der Waals surface area (Å²) in [6.07, 6.45) is 3.90. The van der Waals surface area contributed by atoms with Gasteiger partial charge in [-0.1, -0.05) is 12.1 Å². The average Bonchev–Trinajstić information content (AvgIpc) is 2.79. The third-order valence-corrected chi connectivity index (χ3v) is 4.97. The number of pyridine rings is 1. The van der Waals surface area contributed by atoms with E-state index >= 15 is 0 Å². The van der Waals surface area contributed by atoms with Crippen molar-refractivity contribution in [3.8, 4) is 17.2 Å². The Labute approximate surface area is 191 Å². The lowest BCUT2D eigenvalue weighted by atomic mass is 10.0. The quantitative estimate of drug-likeness (QED) is 0.472. The number of amides is 1. The number of hydrogen-bond donors (Lipinski definition) is 1. The van der Waals surface area contributed by atoms with Crippen molar-refractivity contribution < 1.29 is 27.8 Å². The van der Waals surface area contributed by atoms with Crippen LogP contribution >= 0.6 is 0 Å². The van der Waals surface area contributed by atoms with Gasteiger partial charge in [-0.25, -0.2) is 0 Å². The molecule has 0 radical (unpaired) electrons. The highest BCUT2D eigenvalue weighted by atomic mass is 19.3. The van der Waals surface area contributed by atoms with Gasteiger partial charge >= 0.3 is 6.61 Å². The fourth-order valence-corrected chi connectivity index (χ4v) is 3.44. The first-order chi connectivity index (χ1) is 15.9. The van der Waals surface area contributed by atoms with E-state index in [9.17, 15) is 13.6 Å². The second-order valence-electron chi connectivity index (χ2n) is 7.46. The molecule has 0 unspecified atom stereocenters. The summed E-state index contributed by atoms with van der Waals surface area (Å²) in [5.41, 5.74) is 3.92. The van der Waals surface area contributed by atoms with Crippen LogP contribution in [0, 0.1) is 13.8 Å². The van der Waals surface area contributed by atoms with E-state index < -0.39 is 6.61 Å². The highest BCUT2D eigenvalue weighted by Gasteiger charge is 2.14. The largest absolute Gasteiger partial charge is 0.493 e. The van der Waals surface area contributed by atoms with Crippen LogP contribution in [0.2, 0.25) is 0 Å². The van der Waals surface area contributed by atoms with Crippen molar-refractivity contribution in [2.24, 2.45) is 0 Å². The Morgan fingerprint density at radius 1 is 1.06 bits per heavy atom. The van der Waals surface area contributed by atoms with Crippen molar-refractivity contribution in [1.29, 1.82) is 0 Å². The van der Waals surface area contributed by atoms with E-state index in [1.807, 2.05) is 26.0 Å². The molecule has 0 aliphatic carbocycles. The van der Waals surface area contributed by atoms with Crippen LogP contribution in [-0.2, 0) is 13.0 Å². The molecule has 2 aromatic carbocycles. The Bertz CT molecular complexity index is 1070. The Morgan fingerprint density at radius 3 is 2.45 bits per heavy atom. The van der Waals surface area contributed by atoms with Gasteiger partial charge in [-0.15, -0.1) is 0 Å². The number of nitrogens with zero attached hydrogens (tertiary/aromatic N) is 1. The number of hydrogen-bond acceptors (Lipinski definition) is 5. The van der Waals surface area contributed by atoms with Gasteiger partial charge in [-0.2, -0.15) is 8.78 Å². The van der Waals surface area contributed by atoms with Gasteiger partial charge in [0.05, 0.1) is 7.11 Å². The van der Waals surface area contributed by atoms with Crippen LogP contribution in [0.1, 0.15) is 32.6 Å². The summed E-state index contributed by atoms with van der Waals surface area (Å²) in [4.78, 5) is 16.7. The second-order valence-corrected chi connectivity index (χ2v) is 7.46. The SMILES string of the molecule is COc1ccc(CCNC(=O)c2cc(C)c(OCc3cccnc3)c(C)c2)cc1OC(F)F. The molecule has 1 aromatic heterocycles.